The zero-order chi connectivity index (χ0) is 15.7. The highest BCUT2D eigenvalue weighted by molar-refractivity contribution is 5.85. The van der Waals surface area contributed by atoms with E-state index in [2.05, 4.69) is 5.32 Å². The van der Waals surface area contributed by atoms with Crippen LogP contribution < -0.4 is 5.32 Å². The average Bonchev–Trinajstić information content (AvgIpc) is 2.83. The fourth-order valence-electron chi connectivity index (χ4n) is 3.14. The molecule has 22 heavy (non-hydrogen) atoms. The first kappa shape index (κ1) is 19.5. The average molecular weight is 347 g/mol. The molecule has 0 aromatic rings. The summed E-state index contributed by atoms with van der Waals surface area (Å²) in [4.78, 5) is 13.8. The molecule has 2 aliphatic rings. The van der Waals surface area contributed by atoms with Crippen LogP contribution in [0.25, 0.3) is 0 Å². The van der Waals surface area contributed by atoms with Crippen LogP contribution in [0.3, 0.4) is 0 Å². The molecule has 130 valence electrons. The van der Waals surface area contributed by atoms with E-state index in [-0.39, 0.29) is 31.5 Å². The topological polar surface area (TPSA) is 61.8 Å². The largest absolute Gasteiger partial charge is 0.419 e. The highest BCUT2D eigenvalue weighted by Crippen LogP contribution is 2.40. The van der Waals surface area contributed by atoms with Gasteiger partial charge in [-0.3, -0.25) is 4.79 Å². The van der Waals surface area contributed by atoms with Gasteiger partial charge in [0, 0.05) is 20.1 Å². The Hall–Kier alpha value is -0.570. The van der Waals surface area contributed by atoms with Crippen molar-refractivity contribution in [3.05, 3.63) is 0 Å². The number of ether oxygens (including phenoxy) is 1. The van der Waals surface area contributed by atoms with Crippen LogP contribution >= 0.6 is 12.4 Å². The number of nitrogens with one attached hydrogen (secondary N) is 1. The number of hydrogen-bond donors (Lipinski definition) is 2. The highest BCUT2D eigenvalue weighted by Gasteiger charge is 2.59. The fourth-order valence-corrected chi connectivity index (χ4v) is 3.14. The van der Waals surface area contributed by atoms with E-state index in [0.717, 1.165) is 4.90 Å². The lowest BCUT2D eigenvalue weighted by molar-refractivity contribution is -0.253. The molecule has 5 nitrogen and oxygen atoms in total. The minimum atomic E-state index is -4.72. The predicted molar refractivity (Wildman–Crippen MR) is 75.9 cm³/mol. The number of rotatable bonds is 3. The molecule has 2 fully saturated rings. The van der Waals surface area contributed by atoms with Gasteiger partial charge in [0.25, 0.3) is 0 Å². The first-order valence-corrected chi connectivity index (χ1v) is 7.02. The standard InChI is InChI=1S/C13H21F3N2O3.ClH/c1-21-9-11(2-5-17-6-3-11)10(19)18-7-4-12(20,8-18)13(14,15)16;/h17,20H,2-9H2,1H3;1H. The molecule has 0 bridgehead atoms. The lowest BCUT2D eigenvalue weighted by Gasteiger charge is -2.38. The van der Waals surface area contributed by atoms with Gasteiger partial charge in [-0.25, -0.2) is 0 Å². The number of carbonyl (C=O) groups excluding carboxylic acids is 1. The number of piperidine rings is 1. The molecule has 0 radical (unpaired) electrons. The molecule has 2 heterocycles. The van der Waals surface area contributed by atoms with E-state index in [1.807, 2.05) is 0 Å². The van der Waals surface area contributed by atoms with Crippen LogP contribution in [0.15, 0.2) is 0 Å². The summed E-state index contributed by atoms with van der Waals surface area (Å²) in [6.07, 6.45) is -4.13. The number of aliphatic hydroxyl groups is 1. The summed E-state index contributed by atoms with van der Waals surface area (Å²) in [5.74, 6) is -0.342. The van der Waals surface area contributed by atoms with E-state index in [1.165, 1.54) is 7.11 Å². The third-order valence-electron chi connectivity index (χ3n) is 4.50. The number of halogens is 4. The van der Waals surface area contributed by atoms with Crippen LogP contribution in [0.1, 0.15) is 19.3 Å². The molecule has 1 atom stereocenters. The summed E-state index contributed by atoms with van der Waals surface area (Å²) >= 11 is 0. The number of hydrogen-bond acceptors (Lipinski definition) is 4. The molecule has 2 N–H and O–H groups in total. The maximum Gasteiger partial charge on any atom is 0.419 e. The fraction of sp³-hybridized carbons (Fsp3) is 0.923. The molecular weight excluding hydrogens is 325 g/mol. The van der Waals surface area contributed by atoms with Gasteiger partial charge in [-0.1, -0.05) is 0 Å². The van der Waals surface area contributed by atoms with Crippen molar-refractivity contribution in [3.63, 3.8) is 0 Å². The maximum absolute atomic E-state index is 12.8. The molecule has 0 spiro atoms. The molecule has 2 aliphatic heterocycles. The van der Waals surface area contributed by atoms with E-state index in [1.54, 1.807) is 0 Å². The molecule has 1 amide bonds. The Morgan fingerprint density at radius 1 is 1.32 bits per heavy atom. The van der Waals surface area contributed by atoms with Crippen LogP contribution in [-0.2, 0) is 9.53 Å². The van der Waals surface area contributed by atoms with E-state index in [0.29, 0.717) is 25.9 Å². The Labute approximate surface area is 133 Å². The zero-order valence-corrected chi connectivity index (χ0v) is 13.2. The Morgan fingerprint density at radius 3 is 2.36 bits per heavy atom. The van der Waals surface area contributed by atoms with Crippen LogP contribution in [-0.4, -0.2) is 67.6 Å². The van der Waals surface area contributed by atoms with Crippen molar-refractivity contribution in [2.45, 2.75) is 31.0 Å². The zero-order valence-electron chi connectivity index (χ0n) is 12.4. The Morgan fingerprint density at radius 2 is 1.91 bits per heavy atom. The third-order valence-corrected chi connectivity index (χ3v) is 4.50. The van der Waals surface area contributed by atoms with Gasteiger partial charge in [0.05, 0.1) is 18.6 Å². The molecule has 0 aromatic carbocycles. The lowest BCUT2D eigenvalue weighted by Crippen LogP contribution is -2.53. The lowest BCUT2D eigenvalue weighted by atomic mass is 9.78. The monoisotopic (exact) mass is 346 g/mol. The van der Waals surface area contributed by atoms with Gasteiger partial charge >= 0.3 is 6.18 Å². The molecule has 2 rings (SSSR count). The van der Waals surface area contributed by atoms with Gasteiger partial charge in [0.2, 0.25) is 5.91 Å². The highest BCUT2D eigenvalue weighted by atomic mass is 35.5. The van der Waals surface area contributed by atoms with Gasteiger partial charge in [-0.05, 0) is 25.9 Å². The van der Waals surface area contributed by atoms with Gasteiger partial charge in [-0.2, -0.15) is 13.2 Å². The van der Waals surface area contributed by atoms with Crippen LogP contribution in [0, 0.1) is 5.41 Å². The summed E-state index contributed by atoms with van der Waals surface area (Å²) < 4.78 is 43.7. The first-order valence-electron chi connectivity index (χ1n) is 7.02. The number of methoxy groups -OCH3 is 1. The van der Waals surface area contributed by atoms with Crippen molar-refractivity contribution in [1.82, 2.24) is 10.2 Å². The summed E-state index contributed by atoms with van der Waals surface area (Å²) in [6, 6.07) is 0. The summed E-state index contributed by atoms with van der Waals surface area (Å²) in [6.45, 7) is 0.690. The van der Waals surface area contributed by atoms with E-state index < -0.39 is 30.2 Å². The summed E-state index contributed by atoms with van der Waals surface area (Å²) in [5, 5.41) is 12.8. The first-order chi connectivity index (χ1) is 9.74. The quantitative estimate of drug-likeness (QED) is 0.799. The van der Waals surface area contributed by atoms with Gasteiger partial charge < -0.3 is 20.1 Å². The summed E-state index contributed by atoms with van der Waals surface area (Å²) in [5.41, 5.74) is -3.57. The van der Waals surface area contributed by atoms with Crippen LogP contribution in [0.5, 0.6) is 0 Å². The number of amides is 1. The maximum atomic E-state index is 12.8. The number of carbonyl (C=O) groups is 1. The second-order valence-electron chi connectivity index (χ2n) is 5.97. The Bertz CT molecular complexity index is 397. The van der Waals surface area contributed by atoms with E-state index in [4.69, 9.17) is 4.74 Å². The van der Waals surface area contributed by atoms with Crippen molar-refractivity contribution in [2.75, 3.05) is 39.9 Å². The molecule has 0 aromatic heterocycles. The molecule has 9 heteroatoms. The Kier molecular flexibility index (Phi) is 6.11. The SMILES string of the molecule is COCC1(C(=O)N2CCC(O)(C(F)(F)F)C2)CCNCC1.Cl. The van der Waals surface area contributed by atoms with Gasteiger partial charge in [-0.15, -0.1) is 12.4 Å². The van der Waals surface area contributed by atoms with E-state index >= 15 is 0 Å². The van der Waals surface area contributed by atoms with Crippen molar-refractivity contribution >= 4 is 18.3 Å². The van der Waals surface area contributed by atoms with E-state index in [9.17, 15) is 23.1 Å². The molecule has 2 saturated heterocycles. The van der Waals surface area contributed by atoms with Crippen LogP contribution in [0.2, 0.25) is 0 Å². The third kappa shape index (κ3) is 3.50. The normalized spacial score (nSPS) is 28.3. The Balaban J connectivity index is 0.00000242. The number of likely N-dealkylation sites (tertiary alicyclic amines) is 1. The smallest absolute Gasteiger partial charge is 0.384 e. The predicted octanol–water partition coefficient (Wildman–Crippen LogP) is 0.950. The van der Waals surface area contributed by atoms with Gasteiger partial charge in [0.1, 0.15) is 0 Å². The van der Waals surface area contributed by atoms with Crippen LogP contribution in [0.4, 0.5) is 13.2 Å². The minimum Gasteiger partial charge on any atom is -0.384 e. The van der Waals surface area contributed by atoms with Crippen molar-refractivity contribution in [2.24, 2.45) is 5.41 Å². The second-order valence-corrected chi connectivity index (χ2v) is 5.97. The number of alkyl halides is 3. The minimum absolute atomic E-state index is 0. The molecular formula is C13H22ClF3N2O3. The number of nitrogens with zero attached hydrogens (tertiary/aromatic N) is 1. The molecule has 1 unspecified atom stereocenters. The molecule has 0 aliphatic carbocycles. The second kappa shape index (κ2) is 6.90. The van der Waals surface area contributed by atoms with Crippen molar-refractivity contribution < 1.29 is 27.8 Å². The summed E-state index contributed by atoms with van der Waals surface area (Å²) in [7, 11) is 1.48. The van der Waals surface area contributed by atoms with Gasteiger partial charge in [0.15, 0.2) is 5.60 Å². The van der Waals surface area contributed by atoms with Crippen molar-refractivity contribution in [3.8, 4) is 0 Å². The van der Waals surface area contributed by atoms with Crippen molar-refractivity contribution in [1.29, 1.82) is 0 Å². The molecule has 0 saturated carbocycles. The number of β-amino-alcohol motifs (C(OH)–C–C–N with tert-alkyl or cyclic N) is 1.